The summed E-state index contributed by atoms with van der Waals surface area (Å²) < 4.78 is 0. The van der Waals surface area contributed by atoms with Crippen LogP contribution in [0, 0.1) is 17.8 Å². The second kappa shape index (κ2) is 8.10. The van der Waals surface area contributed by atoms with Gasteiger partial charge in [0.1, 0.15) is 0 Å². The van der Waals surface area contributed by atoms with Crippen molar-refractivity contribution in [3.8, 4) is 0 Å². The molecule has 1 aliphatic heterocycles. The molecular weight excluding hydrogens is 268 g/mol. The minimum atomic E-state index is 0.398. The third-order valence-corrected chi connectivity index (χ3v) is 5.80. The van der Waals surface area contributed by atoms with E-state index in [1.165, 1.54) is 37.8 Å². The maximum Gasteiger partial charge on any atom is 0.0569 e. The van der Waals surface area contributed by atoms with Crippen molar-refractivity contribution in [3.05, 3.63) is 24.4 Å². The summed E-state index contributed by atoms with van der Waals surface area (Å²) in [6, 6.07) is 1.12. The van der Waals surface area contributed by atoms with Crippen LogP contribution in [-0.2, 0) is 0 Å². The van der Waals surface area contributed by atoms with Gasteiger partial charge in [0.05, 0.1) is 5.71 Å². The number of hydrogen-bond donors (Lipinski definition) is 0. The molecule has 0 spiro atoms. The van der Waals surface area contributed by atoms with Crippen LogP contribution in [0.1, 0.15) is 59.8 Å². The Morgan fingerprint density at radius 3 is 2.41 bits per heavy atom. The third kappa shape index (κ3) is 4.32. The molecule has 2 aliphatic rings. The fraction of sp³-hybridized carbons (Fsp3) is 0.750. The van der Waals surface area contributed by atoms with Crippen LogP contribution in [0.25, 0.3) is 0 Å². The molecule has 0 aromatic heterocycles. The van der Waals surface area contributed by atoms with Crippen LogP contribution < -0.4 is 0 Å². The second-order valence-electron chi connectivity index (χ2n) is 7.50. The number of allylic oxidation sites excluding steroid dienone is 2. The molecule has 2 rings (SSSR count). The minimum Gasteiger partial charge on any atom is -0.295 e. The number of hydrogen-bond acceptors (Lipinski definition) is 2. The molecule has 1 aliphatic carbocycles. The Morgan fingerprint density at radius 2 is 1.82 bits per heavy atom. The fourth-order valence-electron chi connectivity index (χ4n) is 3.72. The summed E-state index contributed by atoms with van der Waals surface area (Å²) in [5.41, 5.74) is 1.21. The Bertz CT molecular complexity index is 425. The third-order valence-electron chi connectivity index (χ3n) is 5.80. The molecule has 0 bridgehead atoms. The van der Waals surface area contributed by atoms with Gasteiger partial charge in [0.15, 0.2) is 0 Å². The molecule has 0 saturated heterocycles. The molecule has 0 aromatic rings. The van der Waals surface area contributed by atoms with E-state index in [0.717, 1.165) is 12.0 Å². The van der Waals surface area contributed by atoms with Crippen LogP contribution in [0.3, 0.4) is 0 Å². The highest BCUT2D eigenvalue weighted by molar-refractivity contribution is 5.99. The van der Waals surface area contributed by atoms with Gasteiger partial charge in [0.25, 0.3) is 0 Å². The highest BCUT2D eigenvalue weighted by Gasteiger charge is 2.27. The summed E-state index contributed by atoms with van der Waals surface area (Å²) >= 11 is 0. The molecule has 2 atom stereocenters. The van der Waals surface area contributed by atoms with Crippen LogP contribution in [0.4, 0.5) is 0 Å². The first-order chi connectivity index (χ1) is 10.5. The zero-order valence-corrected chi connectivity index (χ0v) is 15.1. The SMILES string of the molecule is CCC1CCC(N(C)C(C)C2=NC=CC(C(C)C)C=C2)CC1. The summed E-state index contributed by atoms with van der Waals surface area (Å²) in [5, 5.41) is 0. The predicted octanol–water partition coefficient (Wildman–Crippen LogP) is 5.07. The molecule has 1 heterocycles. The van der Waals surface area contributed by atoms with Crippen molar-refractivity contribution in [2.45, 2.75) is 71.9 Å². The molecule has 2 unspecified atom stereocenters. The van der Waals surface area contributed by atoms with Gasteiger partial charge in [-0.15, -0.1) is 0 Å². The summed E-state index contributed by atoms with van der Waals surface area (Å²) in [4.78, 5) is 7.26. The van der Waals surface area contributed by atoms with Gasteiger partial charge in [-0.1, -0.05) is 39.3 Å². The van der Waals surface area contributed by atoms with Gasteiger partial charge < -0.3 is 0 Å². The highest BCUT2D eigenvalue weighted by Crippen LogP contribution is 2.30. The Hall–Kier alpha value is -0.890. The van der Waals surface area contributed by atoms with Crippen LogP contribution in [0.2, 0.25) is 0 Å². The highest BCUT2D eigenvalue weighted by atomic mass is 15.2. The molecule has 1 fully saturated rings. The standard InChI is InChI=1S/C20H34N2/c1-6-17-7-10-19(11-8-17)22(5)16(4)20-12-9-18(15(2)3)13-14-21-20/h9,12-19H,6-8,10-11H2,1-5H3. The molecule has 0 aromatic carbocycles. The van der Waals surface area contributed by atoms with Crippen molar-refractivity contribution < 1.29 is 0 Å². The van der Waals surface area contributed by atoms with E-state index in [2.05, 4.69) is 57.9 Å². The molecule has 1 saturated carbocycles. The molecule has 124 valence electrons. The molecule has 2 nitrogen and oxygen atoms in total. The topological polar surface area (TPSA) is 15.6 Å². The smallest absolute Gasteiger partial charge is 0.0569 e. The molecule has 0 N–H and O–H groups in total. The lowest BCUT2D eigenvalue weighted by Crippen LogP contribution is -2.44. The average Bonchev–Trinajstić information content (AvgIpc) is 2.79. The summed E-state index contributed by atoms with van der Waals surface area (Å²) in [7, 11) is 2.28. The Morgan fingerprint density at radius 1 is 1.14 bits per heavy atom. The van der Waals surface area contributed by atoms with Gasteiger partial charge >= 0.3 is 0 Å². The first kappa shape index (κ1) is 17.5. The molecule has 0 radical (unpaired) electrons. The first-order valence-corrected chi connectivity index (χ1v) is 9.17. The van der Waals surface area contributed by atoms with Crippen molar-refractivity contribution >= 4 is 5.71 Å². The van der Waals surface area contributed by atoms with Gasteiger partial charge in [-0.3, -0.25) is 9.89 Å². The molecule has 2 heteroatoms. The van der Waals surface area contributed by atoms with E-state index >= 15 is 0 Å². The zero-order chi connectivity index (χ0) is 16.1. The first-order valence-electron chi connectivity index (χ1n) is 9.17. The van der Waals surface area contributed by atoms with E-state index < -0.39 is 0 Å². The average molecular weight is 303 g/mol. The van der Waals surface area contributed by atoms with Gasteiger partial charge in [0.2, 0.25) is 0 Å². The Labute approximate surface area is 137 Å². The maximum atomic E-state index is 4.71. The lowest BCUT2D eigenvalue weighted by Gasteiger charge is -2.37. The van der Waals surface area contributed by atoms with Gasteiger partial charge in [0, 0.05) is 18.3 Å². The maximum absolute atomic E-state index is 4.71. The van der Waals surface area contributed by atoms with Crippen molar-refractivity contribution in [2.75, 3.05) is 7.05 Å². The van der Waals surface area contributed by atoms with Gasteiger partial charge in [-0.2, -0.15) is 0 Å². The van der Waals surface area contributed by atoms with Crippen LogP contribution >= 0.6 is 0 Å². The number of nitrogens with zero attached hydrogens (tertiary/aromatic N) is 2. The van der Waals surface area contributed by atoms with E-state index in [0.29, 0.717) is 17.9 Å². The van der Waals surface area contributed by atoms with Crippen LogP contribution in [0.15, 0.2) is 29.4 Å². The van der Waals surface area contributed by atoms with Crippen molar-refractivity contribution in [2.24, 2.45) is 22.7 Å². The van der Waals surface area contributed by atoms with E-state index in [-0.39, 0.29) is 0 Å². The Balaban J connectivity index is 1.96. The molecule has 0 amide bonds. The normalized spacial score (nSPS) is 30.5. The zero-order valence-electron chi connectivity index (χ0n) is 15.1. The van der Waals surface area contributed by atoms with Gasteiger partial charge in [-0.25, -0.2) is 0 Å². The lowest BCUT2D eigenvalue weighted by molar-refractivity contribution is 0.152. The predicted molar refractivity (Wildman–Crippen MR) is 97.3 cm³/mol. The Kier molecular flexibility index (Phi) is 6.43. The van der Waals surface area contributed by atoms with Crippen LogP contribution in [-0.4, -0.2) is 29.7 Å². The van der Waals surface area contributed by atoms with E-state index in [4.69, 9.17) is 4.99 Å². The van der Waals surface area contributed by atoms with E-state index in [9.17, 15) is 0 Å². The van der Waals surface area contributed by atoms with Crippen molar-refractivity contribution in [1.29, 1.82) is 0 Å². The molecule has 22 heavy (non-hydrogen) atoms. The summed E-state index contributed by atoms with van der Waals surface area (Å²) in [6.45, 7) is 9.18. The van der Waals surface area contributed by atoms with Gasteiger partial charge in [-0.05, 0) is 63.5 Å². The van der Waals surface area contributed by atoms with Crippen molar-refractivity contribution in [1.82, 2.24) is 4.90 Å². The number of aliphatic imine (C=N–C) groups is 1. The van der Waals surface area contributed by atoms with E-state index in [1.54, 1.807) is 0 Å². The van der Waals surface area contributed by atoms with Crippen molar-refractivity contribution in [3.63, 3.8) is 0 Å². The molecular formula is C20H34N2. The fourth-order valence-corrected chi connectivity index (χ4v) is 3.72. The second-order valence-corrected chi connectivity index (χ2v) is 7.50. The van der Waals surface area contributed by atoms with Crippen LogP contribution in [0.5, 0.6) is 0 Å². The largest absolute Gasteiger partial charge is 0.295 e. The number of rotatable bonds is 5. The summed E-state index contributed by atoms with van der Waals surface area (Å²) in [6.07, 6.45) is 15.7. The quantitative estimate of drug-likeness (QED) is 0.692. The summed E-state index contributed by atoms with van der Waals surface area (Å²) in [5.74, 6) is 2.11. The lowest BCUT2D eigenvalue weighted by atomic mass is 9.83. The minimum absolute atomic E-state index is 0.398. The van der Waals surface area contributed by atoms with E-state index in [1.807, 2.05) is 6.20 Å². The monoisotopic (exact) mass is 302 g/mol.